The number of hydrogen-bond donors (Lipinski definition) is 4. The van der Waals surface area contributed by atoms with E-state index in [1.807, 2.05) is 13.8 Å². The fraction of sp³-hybridized carbons (Fsp3) is 0.867. The van der Waals surface area contributed by atoms with Crippen LogP contribution in [0.5, 0.6) is 0 Å². The van der Waals surface area contributed by atoms with Crippen molar-refractivity contribution >= 4 is 11.7 Å². The highest BCUT2D eigenvalue weighted by Crippen LogP contribution is 2.23. The maximum Gasteiger partial charge on any atom is 0.220 e. The molecule has 1 aliphatic carbocycles. The van der Waals surface area contributed by atoms with Gasteiger partial charge in [-0.05, 0) is 45.2 Å². The predicted molar refractivity (Wildman–Crippen MR) is 84.3 cm³/mol. The third kappa shape index (κ3) is 7.90. The van der Waals surface area contributed by atoms with Gasteiger partial charge in [-0.3, -0.25) is 4.79 Å². The van der Waals surface area contributed by atoms with Crippen molar-refractivity contribution in [2.45, 2.75) is 64.8 Å². The lowest BCUT2D eigenvalue weighted by Crippen LogP contribution is -2.32. The minimum Gasteiger partial charge on any atom is -0.409 e. The van der Waals surface area contributed by atoms with E-state index in [9.17, 15) is 4.79 Å². The van der Waals surface area contributed by atoms with Gasteiger partial charge < -0.3 is 21.6 Å². The molecular weight excluding hydrogens is 268 g/mol. The lowest BCUT2D eigenvalue weighted by Gasteiger charge is -2.22. The fourth-order valence-corrected chi connectivity index (χ4v) is 2.11. The molecule has 0 aromatic rings. The van der Waals surface area contributed by atoms with Crippen molar-refractivity contribution in [3.8, 4) is 0 Å². The highest BCUT2D eigenvalue weighted by Gasteiger charge is 2.23. The Morgan fingerprint density at radius 2 is 1.95 bits per heavy atom. The Labute approximate surface area is 127 Å². The van der Waals surface area contributed by atoms with Crippen molar-refractivity contribution in [1.29, 1.82) is 0 Å². The van der Waals surface area contributed by atoms with Crippen molar-refractivity contribution in [2.75, 3.05) is 13.1 Å². The van der Waals surface area contributed by atoms with Crippen LogP contribution >= 0.6 is 0 Å². The number of carbonyl (C=O) groups excluding carboxylic acids is 1. The Bertz CT molecular complexity index is 352. The molecule has 0 unspecified atom stereocenters. The smallest absolute Gasteiger partial charge is 0.220 e. The molecule has 1 saturated carbocycles. The maximum atomic E-state index is 11.4. The number of nitrogens with one attached hydrogen (secondary N) is 2. The van der Waals surface area contributed by atoms with Crippen LogP contribution in [0.4, 0.5) is 0 Å². The summed E-state index contributed by atoms with van der Waals surface area (Å²) >= 11 is 0. The second-order valence-electron chi connectivity index (χ2n) is 6.52. The second kappa shape index (κ2) is 8.87. The van der Waals surface area contributed by atoms with Crippen molar-refractivity contribution in [1.82, 2.24) is 10.6 Å². The Morgan fingerprint density at radius 1 is 1.29 bits per heavy atom. The molecule has 0 aromatic heterocycles. The molecule has 6 heteroatoms. The molecule has 1 rings (SSSR count). The zero-order valence-electron chi connectivity index (χ0n) is 13.3. The van der Waals surface area contributed by atoms with E-state index >= 15 is 0 Å². The van der Waals surface area contributed by atoms with Crippen LogP contribution in [0.25, 0.3) is 0 Å². The van der Waals surface area contributed by atoms with Gasteiger partial charge in [0.05, 0.1) is 0 Å². The highest BCUT2D eigenvalue weighted by atomic mass is 16.4. The minimum absolute atomic E-state index is 0.180. The van der Waals surface area contributed by atoms with E-state index in [-0.39, 0.29) is 17.2 Å². The molecule has 0 spiro atoms. The average molecular weight is 298 g/mol. The van der Waals surface area contributed by atoms with Crippen LogP contribution in [0, 0.1) is 5.41 Å². The van der Waals surface area contributed by atoms with Gasteiger partial charge in [0.2, 0.25) is 5.91 Å². The Hall–Kier alpha value is -1.30. The van der Waals surface area contributed by atoms with Gasteiger partial charge in [0.1, 0.15) is 5.84 Å². The fourth-order valence-electron chi connectivity index (χ4n) is 2.11. The van der Waals surface area contributed by atoms with E-state index in [0.29, 0.717) is 12.5 Å². The molecule has 0 heterocycles. The Morgan fingerprint density at radius 3 is 2.57 bits per heavy atom. The number of nitrogens with two attached hydrogens (primary N) is 1. The first-order valence-corrected chi connectivity index (χ1v) is 7.94. The summed E-state index contributed by atoms with van der Waals surface area (Å²) in [5.74, 6) is 0.469. The van der Waals surface area contributed by atoms with Crippen LogP contribution in [-0.2, 0) is 4.79 Å². The van der Waals surface area contributed by atoms with E-state index in [0.717, 1.165) is 51.6 Å². The molecule has 0 bridgehead atoms. The standard InChI is InChI=1S/C15H30N4O2/c1-15(2,14(16)19-21)9-3-4-10-17-11-5-6-13(20)18-12-7-8-12/h12,17,21H,3-11H2,1-2H3,(H2,16,19)(H,18,20). The van der Waals surface area contributed by atoms with E-state index in [1.165, 1.54) is 0 Å². The quantitative estimate of drug-likeness (QED) is 0.153. The molecule has 0 aromatic carbocycles. The lowest BCUT2D eigenvalue weighted by atomic mass is 9.86. The molecular formula is C15H30N4O2. The van der Waals surface area contributed by atoms with Crippen molar-refractivity contribution in [3.05, 3.63) is 0 Å². The van der Waals surface area contributed by atoms with E-state index < -0.39 is 0 Å². The number of amidine groups is 1. The molecule has 1 amide bonds. The van der Waals surface area contributed by atoms with Gasteiger partial charge in [-0.25, -0.2) is 0 Å². The molecule has 0 radical (unpaired) electrons. The molecule has 122 valence electrons. The lowest BCUT2D eigenvalue weighted by molar-refractivity contribution is -0.121. The van der Waals surface area contributed by atoms with Crippen LogP contribution in [0.1, 0.15) is 58.8 Å². The number of amides is 1. The van der Waals surface area contributed by atoms with Crippen molar-refractivity contribution < 1.29 is 10.0 Å². The number of oxime groups is 1. The maximum absolute atomic E-state index is 11.4. The molecule has 0 aliphatic heterocycles. The third-order valence-electron chi connectivity index (χ3n) is 3.91. The van der Waals surface area contributed by atoms with Crippen molar-refractivity contribution in [3.63, 3.8) is 0 Å². The zero-order chi connectivity index (χ0) is 15.7. The summed E-state index contributed by atoms with van der Waals surface area (Å²) < 4.78 is 0. The summed E-state index contributed by atoms with van der Waals surface area (Å²) in [5.41, 5.74) is 5.39. The monoisotopic (exact) mass is 298 g/mol. The first-order chi connectivity index (χ1) is 9.95. The van der Waals surface area contributed by atoms with E-state index in [1.54, 1.807) is 0 Å². The van der Waals surface area contributed by atoms with Gasteiger partial charge in [0.15, 0.2) is 0 Å². The third-order valence-corrected chi connectivity index (χ3v) is 3.91. The summed E-state index contributed by atoms with van der Waals surface area (Å²) in [6.07, 6.45) is 6.76. The summed E-state index contributed by atoms with van der Waals surface area (Å²) in [6, 6.07) is 0.462. The van der Waals surface area contributed by atoms with Gasteiger partial charge in [-0.1, -0.05) is 25.4 Å². The van der Waals surface area contributed by atoms with Gasteiger partial charge in [0.25, 0.3) is 0 Å². The van der Waals surface area contributed by atoms with Crippen LogP contribution < -0.4 is 16.4 Å². The molecule has 1 aliphatic rings. The van der Waals surface area contributed by atoms with Crippen LogP contribution in [0.2, 0.25) is 0 Å². The van der Waals surface area contributed by atoms with Gasteiger partial charge in [0, 0.05) is 17.9 Å². The number of hydrogen-bond acceptors (Lipinski definition) is 4. The van der Waals surface area contributed by atoms with Gasteiger partial charge in [-0.15, -0.1) is 0 Å². The normalized spacial score (nSPS) is 16.0. The van der Waals surface area contributed by atoms with Crippen LogP contribution in [-0.4, -0.2) is 36.1 Å². The van der Waals surface area contributed by atoms with E-state index in [2.05, 4.69) is 15.8 Å². The molecule has 0 saturated heterocycles. The molecule has 21 heavy (non-hydrogen) atoms. The molecule has 6 nitrogen and oxygen atoms in total. The number of unbranched alkanes of at least 4 members (excludes halogenated alkanes) is 1. The number of rotatable bonds is 11. The zero-order valence-corrected chi connectivity index (χ0v) is 13.3. The predicted octanol–water partition coefficient (Wildman–Crippen LogP) is 1.58. The minimum atomic E-state index is -0.254. The van der Waals surface area contributed by atoms with Gasteiger partial charge >= 0.3 is 0 Å². The average Bonchev–Trinajstić information content (AvgIpc) is 3.24. The van der Waals surface area contributed by atoms with Crippen LogP contribution in [0.15, 0.2) is 5.16 Å². The first kappa shape index (κ1) is 17.8. The highest BCUT2D eigenvalue weighted by molar-refractivity contribution is 5.85. The molecule has 1 fully saturated rings. The van der Waals surface area contributed by atoms with Gasteiger partial charge in [-0.2, -0.15) is 0 Å². The number of nitrogens with zero attached hydrogens (tertiary/aromatic N) is 1. The first-order valence-electron chi connectivity index (χ1n) is 7.94. The van der Waals surface area contributed by atoms with Crippen molar-refractivity contribution in [2.24, 2.45) is 16.3 Å². The Kier molecular flexibility index (Phi) is 7.50. The number of carbonyl (C=O) groups is 1. The SMILES string of the molecule is CC(C)(CCCCNCCCC(=O)NC1CC1)C(N)=NO. The molecule has 5 N–H and O–H groups in total. The van der Waals surface area contributed by atoms with Crippen LogP contribution in [0.3, 0.4) is 0 Å². The Balaban J connectivity index is 1.91. The molecule has 0 atom stereocenters. The summed E-state index contributed by atoms with van der Waals surface area (Å²) in [5, 5.41) is 18.1. The van der Waals surface area contributed by atoms with E-state index in [4.69, 9.17) is 10.9 Å². The summed E-state index contributed by atoms with van der Waals surface area (Å²) in [7, 11) is 0. The largest absolute Gasteiger partial charge is 0.409 e. The topological polar surface area (TPSA) is 99.7 Å². The summed E-state index contributed by atoms with van der Waals surface area (Å²) in [4.78, 5) is 11.4. The second-order valence-corrected chi connectivity index (χ2v) is 6.52. The summed E-state index contributed by atoms with van der Waals surface area (Å²) in [6.45, 7) is 5.78.